The lowest BCUT2D eigenvalue weighted by atomic mass is 10.1. The molecule has 0 fully saturated rings. The number of benzene rings is 2. The molecule has 0 aromatic heterocycles. The van der Waals surface area contributed by atoms with Gasteiger partial charge in [-0.3, -0.25) is 9.59 Å². The molecule has 0 atom stereocenters. The minimum atomic E-state index is -0.522. The molecule has 0 saturated carbocycles. The van der Waals surface area contributed by atoms with Gasteiger partial charge in [0.2, 0.25) is 11.8 Å². The van der Waals surface area contributed by atoms with Gasteiger partial charge in [0, 0.05) is 22.5 Å². The lowest BCUT2D eigenvalue weighted by molar-refractivity contribution is 0.0988. The third-order valence-electron chi connectivity index (χ3n) is 2.36. The van der Waals surface area contributed by atoms with Crippen LogP contribution in [-0.2, 0) is 0 Å². The summed E-state index contributed by atoms with van der Waals surface area (Å²) in [5.41, 5.74) is 22.9. The molecule has 0 saturated heterocycles. The van der Waals surface area contributed by atoms with E-state index in [9.17, 15) is 9.59 Å². The summed E-state index contributed by atoms with van der Waals surface area (Å²) < 4.78 is 0. The number of nitrogen functional groups attached to an aromatic ring is 2. The Morgan fingerprint density at radius 1 is 0.700 bits per heavy atom. The third-order valence-corrected chi connectivity index (χ3v) is 2.36. The molecule has 2 rings (SSSR count). The number of primary amides is 2. The number of nitrogens with two attached hydrogens (primary N) is 4. The first-order valence-electron chi connectivity index (χ1n) is 5.71. The van der Waals surface area contributed by atoms with E-state index in [0.717, 1.165) is 0 Å². The van der Waals surface area contributed by atoms with Crippen molar-refractivity contribution < 1.29 is 9.59 Å². The number of amides is 2. The number of carbonyl (C=O) groups excluding carboxylic acids is 2. The lowest BCUT2D eigenvalue weighted by Crippen LogP contribution is -2.13. The van der Waals surface area contributed by atoms with Crippen LogP contribution in [0.25, 0.3) is 0 Å². The Bertz CT molecular complexity index is 559. The van der Waals surface area contributed by atoms with Crippen LogP contribution < -0.4 is 22.9 Å². The monoisotopic (exact) mass is 272 g/mol. The Labute approximate surface area is 116 Å². The number of anilines is 2. The molecule has 2 aromatic rings. The predicted molar refractivity (Wildman–Crippen MR) is 78.7 cm³/mol. The number of carbonyl (C=O) groups is 2. The Morgan fingerprint density at radius 2 is 1.05 bits per heavy atom. The van der Waals surface area contributed by atoms with Crippen LogP contribution in [0.15, 0.2) is 48.5 Å². The summed E-state index contributed by atoms with van der Waals surface area (Å²) in [4.78, 5) is 21.2. The SMILES string of the molecule is NC(=O)c1ccc(C(N)=O)cc1.Nc1cccc(N)c1. The van der Waals surface area contributed by atoms with Gasteiger partial charge in [-0.25, -0.2) is 0 Å². The molecule has 2 aromatic carbocycles. The molecule has 0 aliphatic rings. The molecule has 0 heterocycles. The van der Waals surface area contributed by atoms with Crippen molar-refractivity contribution in [3.63, 3.8) is 0 Å². The van der Waals surface area contributed by atoms with Crippen molar-refractivity contribution in [1.82, 2.24) is 0 Å². The fourth-order valence-electron chi connectivity index (χ4n) is 1.36. The summed E-state index contributed by atoms with van der Waals surface area (Å²) in [7, 11) is 0. The molecule has 8 N–H and O–H groups in total. The first-order chi connectivity index (χ1) is 9.40. The molecular weight excluding hydrogens is 256 g/mol. The number of hydrogen-bond acceptors (Lipinski definition) is 4. The molecule has 0 unspecified atom stereocenters. The summed E-state index contributed by atoms with van der Waals surface area (Å²) >= 11 is 0. The van der Waals surface area contributed by atoms with Gasteiger partial charge in [0.15, 0.2) is 0 Å². The van der Waals surface area contributed by atoms with Crippen LogP contribution >= 0.6 is 0 Å². The maximum absolute atomic E-state index is 10.6. The Balaban J connectivity index is 0.000000217. The smallest absolute Gasteiger partial charge is 0.248 e. The van der Waals surface area contributed by atoms with Gasteiger partial charge in [0.25, 0.3) is 0 Å². The van der Waals surface area contributed by atoms with Gasteiger partial charge in [0.05, 0.1) is 0 Å². The minimum absolute atomic E-state index is 0.361. The Morgan fingerprint density at radius 3 is 1.25 bits per heavy atom. The first kappa shape index (κ1) is 15.0. The standard InChI is InChI=1S/C8H8N2O2.C6H8N2/c9-7(11)5-1-2-6(4-3-5)8(10)12;7-5-2-1-3-6(8)4-5/h1-4H,(H2,9,11)(H2,10,12);1-4H,7-8H2. The van der Waals surface area contributed by atoms with Gasteiger partial charge in [-0.05, 0) is 42.5 Å². The zero-order chi connectivity index (χ0) is 15.1. The highest BCUT2D eigenvalue weighted by molar-refractivity contribution is 5.96. The zero-order valence-corrected chi connectivity index (χ0v) is 10.7. The molecule has 0 aliphatic heterocycles. The molecule has 104 valence electrons. The van der Waals surface area contributed by atoms with Crippen LogP contribution in [0.4, 0.5) is 11.4 Å². The average Bonchev–Trinajstić information content (AvgIpc) is 2.39. The van der Waals surface area contributed by atoms with E-state index >= 15 is 0 Å². The topological polar surface area (TPSA) is 138 Å². The van der Waals surface area contributed by atoms with E-state index in [1.807, 2.05) is 6.07 Å². The Kier molecular flexibility index (Phi) is 5.11. The maximum Gasteiger partial charge on any atom is 0.248 e. The van der Waals surface area contributed by atoms with Crippen LogP contribution in [0.5, 0.6) is 0 Å². The predicted octanol–water partition coefficient (Wildman–Crippen LogP) is 0.735. The number of rotatable bonds is 2. The van der Waals surface area contributed by atoms with Crippen LogP contribution in [0.1, 0.15) is 20.7 Å². The van der Waals surface area contributed by atoms with E-state index in [1.54, 1.807) is 18.2 Å². The Hall–Kier alpha value is -3.02. The average molecular weight is 272 g/mol. The second-order valence-corrected chi connectivity index (χ2v) is 3.98. The normalized spacial score (nSPS) is 9.20. The molecular formula is C14H16N4O2. The van der Waals surface area contributed by atoms with Crippen molar-refractivity contribution in [3.05, 3.63) is 59.7 Å². The largest absolute Gasteiger partial charge is 0.399 e. The molecule has 6 nitrogen and oxygen atoms in total. The highest BCUT2D eigenvalue weighted by Gasteiger charge is 2.02. The number of hydrogen-bond donors (Lipinski definition) is 4. The molecule has 0 bridgehead atoms. The van der Waals surface area contributed by atoms with Crippen LogP contribution in [-0.4, -0.2) is 11.8 Å². The molecule has 0 aliphatic carbocycles. The van der Waals surface area contributed by atoms with Gasteiger partial charge >= 0.3 is 0 Å². The van der Waals surface area contributed by atoms with E-state index in [2.05, 4.69) is 0 Å². The van der Waals surface area contributed by atoms with E-state index in [-0.39, 0.29) is 0 Å². The molecule has 0 radical (unpaired) electrons. The van der Waals surface area contributed by atoms with E-state index in [0.29, 0.717) is 22.5 Å². The highest BCUT2D eigenvalue weighted by atomic mass is 16.1. The van der Waals surface area contributed by atoms with Gasteiger partial charge in [-0.1, -0.05) is 6.07 Å². The highest BCUT2D eigenvalue weighted by Crippen LogP contribution is 2.06. The first-order valence-corrected chi connectivity index (χ1v) is 5.71. The van der Waals surface area contributed by atoms with Crippen molar-refractivity contribution in [1.29, 1.82) is 0 Å². The van der Waals surface area contributed by atoms with Crippen molar-refractivity contribution in [2.24, 2.45) is 11.5 Å². The molecule has 6 heteroatoms. The van der Waals surface area contributed by atoms with Crippen molar-refractivity contribution in [2.45, 2.75) is 0 Å². The molecule has 2 amide bonds. The second-order valence-electron chi connectivity index (χ2n) is 3.98. The van der Waals surface area contributed by atoms with Crippen molar-refractivity contribution in [2.75, 3.05) is 11.5 Å². The van der Waals surface area contributed by atoms with Crippen LogP contribution in [0, 0.1) is 0 Å². The van der Waals surface area contributed by atoms with Crippen molar-refractivity contribution >= 4 is 23.2 Å². The second kappa shape index (κ2) is 6.79. The van der Waals surface area contributed by atoms with Gasteiger partial charge in [-0.15, -0.1) is 0 Å². The van der Waals surface area contributed by atoms with E-state index < -0.39 is 11.8 Å². The van der Waals surface area contributed by atoms with Crippen molar-refractivity contribution in [3.8, 4) is 0 Å². The summed E-state index contributed by atoms with van der Waals surface area (Å²) in [5.74, 6) is -1.04. The van der Waals surface area contributed by atoms with Gasteiger partial charge in [-0.2, -0.15) is 0 Å². The summed E-state index contributed by atoms with van der Waals surface area (Å²) in [6, 6.07) is 13.0. The summed E-state index contributed by atoms with van der Waals surface area (Å²) in [6.07, 6.45) is 0. The zero-order valence-electron chi connectivity index (χ0n) is 10.7. The van der Waals surface area contributed by atoms with E-state index in [1.165, 1.54) is 24.3 Å². The fourth-order valence-corrected chi connectivity index (χ4v) is 1.36. The lowest BCUT2D eigenvalue weighted by Gasteiger charge is -1.96. The quantitative estimate of drug-likeness (QED) is 0.598. The molecule has 20 heavy (non-hydrogen) atoms. The van der Waals surface area contributed by atoms with E-state index in [4.69, 9.17) is 22.9 Å². The van der Waals surface area contributed by atoms with Crippen LogP contribution in [0.3, 0.4) is 0 Å². The molecule has 0 spiro atoms. The summed E-state index contributed by atoms with van der Waals surface area (Å²) in [6.45, 7) is 0. The fraction of sp³-hybridized carbons (Fsp3) is 0. The van der Waals surface area contributed by atoms with Gasteiger partial charge in [0.1, 0.15) is 0 Å². The van der Waals surface area contributed by atoms with Gasteiger partial charge < -0.3 is 22.9 Å². The minimum Gasteiger partial charge on any atom is -0.399 e. The van der Waals surface area contributed by atoms with Crippen LogP contribution in [0.2, 0.25) is 0 Å². The third kappa shape index (κ3) is 4.69. The summed E-state index contributed by atoms with van der Waals surface area (Å²) in [5, 5.41) is 0. The maximum atomic E-state index is 10.6.